The molecule has 146 valence electrons. The van der Waals surface area contributed by atoms with Crippen LogP contribution in [0.5, 0.6) is 0 Å². The summed E-state index contributed by atoms with van der Waals surface area (Å²) in [5.74, 6) is 0.00785. The molecule has 5 nitrogen and oxygen atoms in total. The summed E-state index contributed by atoms with van der Waals surface area (Å²) < 4.78 is 11.3. The molecule has 0 spiro atoms. The van der Waals surface area contributed by atoms with E-state index in [-0.39, 0.29) is 18.3 Å². The third kappa shape index (κ3) is 3.72. The van der Waals surface area contributed by atoms with Gasteiger partial charge in [-0.1, -0.05) is 54.6 Å². The normalized spacial score (nSPS) is 10.9. The van der Waals surface area contributed by atoms with Crippen molar-refractivity contribution in [3.63, 3.8) is 0 Å². The monoisotopic (exact) mass is 404 g/mol. The first-order valence-electron chi connectivity index (χ1n) is 9.16. The molecule has 2 heterocycles. The van der Waals surface area contributed by atoms with Gasteiger partial charge in [0.2, 0.25) is 0 Å². The topological polar surface area (TPSA) is 55.6 Å². The average molecular weight is 404 g/mol. The van der Waals surface area contributed by atoms with E-state index < -0.39 is 0 Å². The number of carbonyl (C=O) groups excluding carboxylic acids is 1. The number of fused-ring (bicyclic) bond motifs is 1. The third-order valence-electron chi connectivity index (χ3n) is 4.53. The first kappa shape index (κ1) is 19.1. The Bertz CT molecular complexity index is 1150. The van der Waals surface area contributed by atoms with E-state index in [9.17, 15) is 4.79 Å². The fourth-order valence-electron chi connectivity index (χ4n) is 3.19. The molecule has 29 heavy (non-hydrogen) atoms. The van der Waals surface area contributed by atoms with Crippen molar-refractivity contribution in [3.05, 3.63) is 84.0 Å². The molecule has 0 aliphatic heterocycles. The van der Waals surface area contributed by atoms with Gasteiger partial charge in [0.25, 0.3) is 5.91 Å². The van der Waals surface area contributed by atoms with Crippen molar-refractivity contribution < 1.29 is 13.9 Å². The summed E-state index contributed by atoms with van der Waals surface area (Å²) in [6, 6.07) is 17.5. The number of carbonyl (C=O) groups is 1. The number of para-hydroxylation sites is 1. The molecule has 0 fully saturated rings. The number of thiazole rings is 1. The van der Waals surface area contributed by atoms with Crippen LogP contribution < -0.4 is 4.90 Å². The highest BCUT2D eigenvalue weighted by Crippen LogP contribution is 2.32. The number of aromatic nitrogens is 1. The summed E-state index contributed by atoms with van der Waals surface area (Å²) in [6.07, 6.45) is 1.68. The zero-order valence-corrected chi connectivity index (χ0v) is 16.8. The molecule has 0 unspecified atom stereocenters. The maximum atomic E-state index is 13.4. The fraction of sp³-hybridized carbons (Fsp3) is 0.130. The van der Waals surface area contributed by atoms with Gasteiger partial charge in [0, 0.05) is 35.5 Å². The minimum absolute atomic E-state index is 0.262. The van der Waals surface area contributed by atoms with Crippen LogP contribution in [0.3, 0.4) is 0 Å². The van der Waals surface area contributed by atoms with Crippen LogP contribution in [0, 0.1) is 0 Å². The van der Waals surface area contributed by atoms with Gasteiger partial charge in [0.05, 0.1) is 12.3 Å². The fourth-order valence-corrected chi connectivity index (χ4v) is 4.03. The molecule has 0 radical (unpaired) electrons. The number of rotatable bonds is 7. The summed E-state index contributed by atoms with van der Waals surface area (Å²) >= 11 is 1.41. The predicted molar refractivity (Wildman–Crippen MR) is 116 cm³/mol. The Balaban J connectivity index is 1.74. The lowest BCUT2D eigenvalue weighted by Gasteiger charge is -2.17. The van der Waals surface area contributed by atoms with E-state index in [0.717, 1.165) is 22.2 Å². The minimum Gasteiger partial charge on any atom is -0.450 e. The zero-order chi connectivity index (χ0) is 20.2. The van der Waals surface area contributed by atoms with Crippen LogP contribution in [0.15, 0.2) is 77.0 Å². The van der Waals surface area contributed by atoms with Gasteiger partial charge < -0.3 is 9.15 Å². The molecule has 0 atom stereocenters. The Morgan fingerprint density at radius 2 is 1.97 bits per heavy atom. The Morgan fingerprint density at radius 3 is 2.72 bits per heavy atom. The lowest BCUT2D eigenvalue weighted by molar-refractivity contribution is 0.0958. The molecule has 0 aliphatic rings. The standard InChI is InChI=1S/C23H20N2O3S/c1-3-13-25(23-24-19(15-29-23)16-9-5-4-6-10-16)22(26)21-18(14-27-2)17-11-7-8-12-20(17)28-21/h3-12,15H,1,13-14H2,2H3. The first-order chi connectivity index (χ1) is 14.2. The molecular formula is C23H20N2O3S. The maximum Gasteiger partial charge on any atom is 0.296 e. The highest BCUT2D eigenvalue weighted by Gasteiger charge is 2.27. The zero-order valence-electron chi connectivity index (χ0n) is 16.0. The molecular weight excluding hydrogens is 384 g/mol. The van der Waals surface area contributed by atoms with E-state index in [0.29, 0.717) is 17.3 Å². The van der Waals surface area contributed by atoms with E-state index in [1.54, 1.807) is 18.1 Å². The second kappa shape index (κ2) is 8.43. The summed E-state index contributed by atoms with van der Waals surface area (Å²) in [4.78, 5) is 19.7. The van der Waals surface area contributed by atoms with Gasteiger partial charge in [-0.05, 0) is 6.07 Å². The smallest absolute Gasteiger partial charge is 0.296 e. The van der Waals surface area contributed by atoms with Crippen LogP contribution in [0.1, 0.15) is 16.1 Å². The lowest BCUT2D eigenvalue weighted by Crippen LogP contribution is -2.31. The number of furan rings is 1. The highest BCUT2D eigenvalue weighted by molar-refractivity contribution is 7.14. The Kier molecular flexibility index (Phi) is 5.55. The van der Waals surface area contributed by atoms with E-state index in [2.05, 4.69) is 11.6 Å². The molecule has 6 heteroatoms. The van der Waals surface area contributed by atoms with Gasteiger partial charge in [-0.15, -0.1) is 17.9 Å². The van der Waals surface area contributed by atoms with Crippen LogP contribution >= 0.6 is 11.3 Å². The van der Waals surface area contributed by atoms with Crippen LogP contribution in [-0.2, 0) is 11.3 Å². The number of methoxy groups -OCH3 is 1. The van der Waals surface area contributed by atoms with Gasteiger partial charge in [-0.3, -0.25) is 9.69 Å². The molecule has 0 bridgehead atoms. The van der Waals surface area contributed by atoms with Crippen molar-refractivity contribution in [2.75, 3.05) is 18.6 Å². The van der Waals surface area contributed by atoms with E-state index in [4.69, 9.17) is 9.15 Å². The van der Waals surface area contributed by atoms with Crippen molar-refractivity contribution in [2.45, 2.75) is 6.61 Å². The number of ether oxygens (including phenoxy) is 1. The number of nitrogens with zero attached hydrogens (tertiary/aromatic N) is 2. The summed E-state index contributed by atoms with van der Waals surface area (Å²) in [7, 11) is 1.60. The maximum absolute atomic E-state index is 13.4. The average Bonchev–Trinajstić information content (AvgIpc) is 3.38. The van der Waals surface area contributed by atoms with E-state index in [1.165, 1.54) is 11.3 Å². The summed E-state index contributed by atoms with van der Waals surface area (Å²) in [5.41, 5.74) is 3.23. The largest absolute Gasteiger partial charge is 0.450 e. The molecule has 2 aromatic carbocycles. The SMILES string of the molecule is C=CCN(C(=O)c1oc2ccccc2c1COC)c1nc(-c2ccccc2)cs1. The van der Waals surface area contributed by atoms with Crippen LogP contribution in [0.4, 0.5) is 5.13 Å². The van der Waals surface area contributed by atoms with E-state index >= 15 is 0 Å². The first-order valence-corrected chi connectivity index (χ1v) is 10.0. The van der Waals surface area contributed by atoms with Gasteiger partial charge in [-0.25, -0.2) is 4.98 Å². The number of benzene rings is 2. The van der Waals surface area contributed by atoms with Gasteiger partial charge in [0.1, 0.15) is 5.58 Å². The molecule has 4 aromatic rings. The molecule has 1 amide bonds. The second-order valence-electron chi connectivity index (χ2n) is 6.42. The molecule has 0 aliphatic carbocycles. The Labute approximate surface area is 172 Å². The molecule has 0 N–H and O–H groups in total. The van der Waals surface area contributed by atoms with Gasteiger partial charge in [-0.2, -0.15) is 0 Å². The number of anilines is 1. The molecule has 2 aromatic heterocycles. The number of amides is 1. The number of hydrogen-bond donors (Lipinski definition) is 0. The summed E-state index contributed by atoms with van der Waals surface area (Å²) in [6.45, 7) is 4.40. The van der Waals surface area contributed by atoms with Crippen molar-refractivity contribution >= 4 is 33.3 Å². The molecule has 0 saturated carbocycles. The van der Waals surface area contributed by atoms with Crippen LogP contribution in [0.2, 0.25) is 0 Å². The van der Waals surface area contributed by atoms with Gasteiger partial charge in [0.15, 0.2) is 10.9 Å². The van der Waals surface area contributed by atoms with Crippen LogP contribution in [0.25, 0.3) is 22.2 Å². The molecule has 0 saturated heterocycles. The molecule has 4 rings (SSSR count). The Morgan fingerprint density at radius 1 is 1.21 bits per heavy atom. The lowest BCUT2D eigenvalue weighted by atomic mass is 10.1. The highest BCUT2D eigenvalue weighted by atomic mass is 32.1. The van der Waals surface area contributed by atoms with E-state index in [1.807, 2.05) is 60.0 Å². The van der Waals surface area contributed by atoms with Crippen molar-refractivity contribution in [2.24, 2.45) is 0 Å². The number of hydrogen-bond acceptors (Lipinski definition) is 5. The second-order valence-corrected chi connectivity index (χ2v) is 7.26. The van der Waals surface area contributed by atoms with Crippen molar-refractivity contribution in [1.82, 2.24) is 4.98 Å². The third-order valence-corrected chi connectivity index (χ3v) is 5.39. The minimum atomic E-state index is -0.262. The quantitative estimate of drug-likeness (QED) is 0.380. The van der Waals surface area contributed by atoms with Gasteiger partial charge >= 0.3 is 0 Å². The van der Waals surface area contributed by atoms with Crippen molar-refractivity contribution in [3.8, 4) is 11.3 Å². The summed E-state index contributed by atoms with van der Waals surface area (Å²) in [5, 5.41) is 3.42. The van der Waals surface area contributed by atoms with Crippen LogP contribution in [-0.4, -0.2) is 24.5 Å². The van der Waals surface area contributed by atoms with Crippen molar-refractivity contribution in [1.29, 1.82) is 0 Å². The predicted octanol–water partition coefficient (Wildman–Crippen LogP) is 5.54. The Hall–Kier alpha value is -3.22.